The van der Waals surface area contributed by atoms with E-state index in [0.717, 1.165) is 18.7 Å². The number of thiazole rings is 1. The number of nitrogens with zero attached hydrogens (tertiary/aromatic N) is 2. The fraction of sp³-hybridized carbons (Fsp3) is 0.750. The van der Waals surface area contributed by atoms with Gasteiger partial charge in [0, 0.05) is 18.3 Å². The highest BCUT2D eigenvalue weighted by atomic mass is 32.1. The van der Waals surface area contributed by atoms with Gasteiger partial charge in [-0.3, -0.25) is 0 Å². The highest BCUT2D eigenvalue weighted by Gasteiger charge is 2.18. The molecule has 0 amide bonds. The van der Waals surface area contributed by atoms with E-state index >= 15 is 0 Å². The Morgan fingerprint density at radius 2 is 2.12 bits per heavy atom. The summed E-state index contributed by atoms with van der Waals surface area (Å²) in [7, 11) is 0. The molecule has 0 bridgehead atoms. The van der Waals surface area contributed by atoms with E-state index in [1.165, 1.54) is 30.9 Å². The molecule has 0 radical (unpaired) electrons. The minimum atomic E-state index is -0.303. The van der Waals surface area contributed by atoms with Crippen LogP contribution >= 0.6 is 11.3 Å². The van der Waals surface area contributed by atoms with E-state index in [9.17, 15) is 0 Å². The number of aromatic nitrogens is 1. The van der Waals surface area contributed by atoms with Gasteiger partial charge < -0.3 is 10.6 Å². The molecule has 2 N–H and O–H groups in total. The zero-order valence-corrected chi connectivity index (χ0v) is 11.0. The van der Waals surface area contributed by atoms with Crippen LogP contribution in [0.25, 0.3) is 0 Å². The first-order valence-corrected chi connectivity index (χ1v) is 6.90. The van der Waals surface area contributed by atoms with E-state index in [1.807, 2.05) is 13.8 Å². The van der Waals surface area contributed by atoms with Crippen molar-refractivity contribution in [3.05, 3.63) is 16.1 Å². The average Bonchev–Trinajstić information content (AvgIpc) is 2.85. The van der Waals surface area contributed by atoms with Crippen molar-refractivity contribution in [1.29, 1.82) is 0 Å². The lowest BCUT2D eigenvalue weighted by atomic mass is 10.0. The average molecular weight is 239 g/mol. The van der Waals surface area contributed by atoms with E-state index in [0.29, 0.717) is 0 Å². The van der Waals surface area contributed by atoms with Gasteiger partial charge in [-0.15, -0.1) is 11.3 Å². The van der Waals surface area contributed by atoms with Gasteiger partial charge in [0.2, 0.25) is 0 Å². The molecule has 3 nitrogen and oxygen atoms in total. The highest BCUT2D eigenvalue weighted by molar-refractivity contribution is 7.09. The molecule has 1 aliphatic heterocycles. The third kappa shape index (κ3) is 3.03. The Morgan fingerprint density at radius 3 is 2.69 bits per heavy atom. The van der Waals surface area contributed by atoms with Crippen LogP contribution in [0.15, 0.2) is 5.38 Å². The molecule has 2 heterocycles. The summed E-state index contributed by atoms with van der Waals surface area (Å²) in [6.07, 6.45) is 3.79. The van der Waals surface area contributed by atoms with Crippen molar-refractivity contribution >= 4 is 11.3 Å². The van der Waals surface area contributed by atoms with Crippen LogP contribution in [0.1, 0.15) is 37.4 Å². The quantitative estimate of drug-likeness (QED) is 0.873. The Balaban J connectivity index is 1.87. The van der Waals surface area contributed by atoms with Crippen LogP contribution in [0.4, 0.5) is 0 Å². The van der Waals surface area contributed by atoms with E-state index in [1.54, 1.807) is 11.3 Å². The van der Waals surface area contributed by atoms with Gasteiger partial charge in [0.05, 0.1) is 16.2 Å². The molecule has 1 aliphatic rings. The Hall–Kier alpha value is -0.450. The van der Waals surface area contributed by atoms with Gasteiger partial charge in [-0.05, 0) is 39.8 Å². The smallest absolute Gasteiger partial charge is 0.0941 e. The van der Waals surface area contributed by atoms with Crippen LogP contribution in [0, 0.1) is 0 Å². The third-order valence-electron chi connectivity index (χ3n) is 3.05. The van der Waals surface area contributed by atoms with E-state index < -0.39 is 0 Å². The third-order valence-corrected chi connectivity index (χ3v) is 3.96. The molecule has 0 aromatic carbocycles. The van der Waals surface area contributed by atoms with Gasteiger partial charge in [0.1, 0.15) is 0 Å². The topological polar surface area (TPSA) is 42.1 Å². The predicted octanol–water partition coefficient (Wildman–Crippen LogP) is 1.98. The second kappa shape index (κ2) is 4.82. The number of nitrogens with two attached hydrogens (primary N) is 1. The molecule has 4 heteroatoms. The highest BCUT2D eigenvalue weighted by Crippen LogP contribution is 2.20. The maximum absolute atomic E-state index is 6.02. The molecule has 0 aliphatic carbocycles. The van der Waals surface area contributed by atoms with E-state index in [4.69, 9.17) is 5.73 Å². The van der Waals surface area contributed by atoms with Crippen molar-refractivity contribution in [3.8, 4) is 0 Å². The summed E-state index contributed by atoms with van der Waals surface area (Å²) in [5.41, 5.74) is 6.74. The second-order valence-electron chi connectivity index (χ2n) is 5.15. The largest absolute Gasteiger partial charge is 0.321 e. The van der Waals surface area contributed by atoms with Crippen LogP contribution in [0.3, 0.4) is 0 Å². The lowest BCUT2D eigenvalue weighted by molar-refractivity contribution is 0.343. The van der Waals surface area contributed by atoms with Crippen LogP contribution < -0.4 is 5.73 Å². The van der Waals surface area contributed by atoms with Crippen molar-refractivity contribution in [3.63, 3.8) is 0 Å². The minimum absolute atomic E-state index is 0.303. The molecule has 1 aromatic rings. The number of rotatable bonds is 4. The van der Waals surface area contributed by atoms with Crippen molar-refractivity contribution in [1.82, 2.24) is 9.88 Å². The van der Waals surface area contributed by atoms with Gasteiger partial charge in [0.15, 0.2) is 0 Å². The fourth-order valence-electron chi connectivity index (χ4n) is 1.98. The Bertz CT molecular complexity index is 334. The summed E-state index contributed by atoms with van der Waals surface area (Å²) in [5, 5.41) is 3.32. The van der Waals surface area contributed by atoms with Crippen molar-refractivity contribution in [2.24, 2.45) is 5.73 Å². The molecule has 1 aromatic heterocycles. The van der Waals surface area contributed by atoms with Crippen molar-refractivity contribution < 1.29 is 0 Å². The number of likely N-dealkylation sites (tertiary alicyclic amines) is 1. The lowest BCUT2D eigenvalue weighted by Gasteiger charge is -2.15. The zero-order chi connectivity index (χ0) is 11.6. The van der Waals surface area contributed by atoms with Crippen LogP contribution in [-0.4, -0.2) is 29.5 Å². The Kier molecular flexibility index (Phi) is 3.62. The summed E-state index contributed by atoms with van der Waals surface area (Å²) >= 11 is 1.74. The molecular weight excluding hydrogens is 218 g/mol. The van der Waals surface area contributed by atoms with Gasteiger partial charge in [0.25, 0.3) is 0 Å². The SMILES string of the molecule is CC(C)(N)c1csc(CCN2CCCC2)n1. The van der Waals surface area contributed by atoms with Gasteiger partial charge in [-0.25, -0.2) is 4.98 Å². The van der Waals surface area contributed by atoms with Crippen LogP contribution in [0.2, 0.25) is 0 Å². The zero-order valence-electron chi connectivity index (χ0n) is 10.2. The molecule has 0 atom stereocenters. The summed E-state index contributed by atoms with van der Waals surface area (Å²) in [6, 6.07) is 0. The molecule has 1 fully saturated rings. The molecular formula is C12H21N3S. The summed E-state index contributed by atoms with van der Waals surface area (Å²) < 4.78 is 0. The van der Waals surface area contributed by atoms with Gasteiger partial charge >= 0.3 is 0 Å². The first-order chi connectivity index (χ1) is 7.55. The van der Waals surface area contributed by atoms with Gasteiger partial charge in [-0.1, -0.05) is 0 Å². The first kappa shape index (κ1) is 12.0. The van der Waals surface area contributed by atoms with Gasteiger partial charge in [-0.2, -0.15) is 0 Å². The molecule has 90 valence electrons. The molecule has 0 saturated carbocycles. The second-order valence-corrected chi connectivity index (χ2v) is 6.09. The maximum atomic E-state index is 6.02. The van der Waals surface area contributed by atoms with E-state index in [2.05, 4.69) is 15.3 Å². The van der Waals surface area contributed by atoms with Crippen molar-refractivity contribution in [2.75, 3.05) is 19.6 Å². The predicted molar refractivity (Wildman–Crippen MR) is 68.7 cm³/mol. The monoisotopic (exact) mass is 239 g/mol. The molecule has 2 rings (SSSR count). The Morgan fingerprint density at radius 1 is 1.44 bits per heavy atom. The minimum Gasteiger partial charge on any atom is -0.321 e. The maximum Gasteiger partial charge on any atom is 0.0941 e. The molecule has 0 spiro atoms. The fourth-order valence-corrected chi connectivity index (χ4v) is 2.95. The molecule has 1 saturated heterocycles. The normalized spacial score (nSPS) is 18.2. The summed E-state index contributed by atoms with van der Waals surface area (Å²) in [4.78, 5) is 7.13. The molecule has 0 unspecified atom stereocenters. The number of hydrogen-bond acceptors (Lipinski definition) is 4. The Labute approximate surface area is 102 Å². The first-order valence-electron chi connectivity index (χ1n) is 6.02. The summed E-state index contributed by atoms with van der Waals surface area (Å²) in [6.45, 7) is 7.69. The lowest BCUT2D eigenvalue weighted by Crippen LogP contribution is -2.29. The van der Waals surface area contributed by atoms with Crippen LogP contribution in [-0.2, 0) is 12.0 Å². The van der Waals surface area contributed by atoms with E-state index in [-0.39, 0.29) is 5.54 Å². The summed E-state index contributed by atoms with van der Waals surface area (Å²) in [5.74, 6) is 0. The standard InChI is InChI=1S/C12H21N3S/c1-12(2,13)10-9-16-11(14-10)5-8-15-6-3-4-7-15/h9H,3-8,13H2,1-2H3. The molecule has 16 heavy (non-hydrogen) atoms. The van der Waals surface area contributed by atoms with Crippen molar-refractivity contribution in [2.45, 2.75) is 38.6 Å². The van der Waals surface area contributed by atoms with Crippen LogP contribution in [0.5, 0.6) is 0 Å². The number of hydrogen-bond donors (Lipinski definition) is 1.